The lowest BCUT2D eigenvalue weighted by atomic mass is 10.2. The number of ether oxygens (including phenoxy) is 2. The Hall–Kier alpha value is -2.93. The summed E-state index contributed by atoms with van der Waals surface area (Å²) in [6.07, 6.45) is 3.27. The van der Waals surface area contributed by atoms with Gasteiger partial charge >= 0.3 is 0 Å². The van der Waals surface area contributed by atoms with Gasteiger partial charge in [-0.1, -0.05) is 28.6 Å². The molecule has 0 N–H and O–H groups in total. The summed E-state index contributed by atoms with van der Waals surface area (Å²) in [6, 6.07) is 10.9. The molecule has 0 unspecified atom stereocenters. The second kappa shape index (κ2) is 8.84. The highest BCUT2D eigenvalue weighted by atomic mass is 79.9. The molecular weight excluding hydrogens is 422 g/mol. The van der Waals surface area contributed by atoms with Crippen LogP contribution in [-0.2, 0) is 0 Å². The minimum atomic E-state index is -0.226. The fraction of sp³-hybridized carbons (Fsp3) is 0.190. The Kier molecular flexibility index (Phi) is 6.26. The third kappa shape index (κ3) is 4.31. The Morgan fingerprint density at radius 2 is 2.04 bits per heavy atom. The zero-order valence-electron chi connectivity index (χ0n) is 15.7. The van der Waals surface area contributed by atoms with E-state index < -0.39 is 0 Å². The molecule has 0 amide bonds. The van der Waals surface area contributed by atoms with Crippen molar-refractivity contribution in [3.05, 3.63) is 75.3 Å². The third-order valence-electron chi connectivity index (χ3n) is 3.92. The molecule has 0 saturated heterocycles. The predicted octanol–water partition coefficient (Wildman–Crippen LogP) is 4.31. The topological polar surface area (TPSA) is 65.7 Å². The number of nitrogens with zero attached hydrogens (tertiary/aromatic N) is 3. The van der Waals surface area contributed by atoms with Crippen molar-refractivity contribution in [1.82, 2.24) is 9.66 Å². The molecule has 0 radical (unpaired) electrons. The first-order valence-electron chi connectivity index (χ1n) is 8.77. The molecular formula is C21H20BrN3O3. The molecule has 144 valence electrons. The average Bonchev–Trinajstić information content (AvgIpc) is 2.68. The predicted molar refractivity (Wildman–Crippen MR) is 115 cm³/mol. The number of aryl methyl sites for hydroxylation is 1. The smallest absolute Gasteiger partial charge is 0.282 e. The second-order valence-electron chi connectivity index (χ2n) is 5.92. The molecule has 0 aliphatic heterocycles. The lowest BCUT2D eigenvalue weighted by Gasteiger charge is -2.11. The Morgan fingerprint density at radius 3 is 2.79 bits per heavy atom. The fourth-order valence-corrected chi connectivity index (χ4v) is 3.02. The van der Waals surface area contributed by atoms with Crippen molar-refractivity contribution >= 4 is 33.0 Å². The van der Waals surface area contributed by atoms with Crippen LogP contribution in [0.25, 0.3) is 10.9 Å². The van der Waals surface area contributed by atoms with Crippen LogP contribution < -0.4 is 15.0 Å². The number of fused-ring (bicyclic) bond motifs is 1. The van der Waals surface area contributed by atoms with E-state index in [-0.39, 0.29) is 5.56 Å². The zero-order chi connectivity index (χ0) is 20.1. The molecule has 0 atom stereocenters. The van der Waals surface area contributed by atoms with Gasteiger partial charge in [0.05, 0.1) is 23.7 Å². The summed E-state index contributed by atoms with van der Waals surface area (Å²) in [5.41, 5.74) is 1.19. The Labute approximate surface area is 171 Å². The van der Waals surface area contributed by atoms with Crippen LogP contribution in [0.5, 0.6) is 11.5 Å². The largest absolute Gasteiger partial charge is 0.490 e. The van der Waals surface area contributed by atoms with Gasteiger partial charge in [0.1, 0.15) is 12.4 Å². The van der Waals surface area contributed by atoms with E-state index in [9.17, 15) is 4.79 Å². The molecule has 28 heavy (non-hydrogen) atoms. The van der Waals surface area contributed by atoms with Crippen molar-refractivity contribution < 1.29 is 9.47 Å². The monoisotopic (exact) mass is 441 g/mol. The molecule has 0 spiro atoms. The van der Waals surface area contributed by atoms with E-state index in [1.807, 2.05) is 25.1 Å². The van der Waals surface area contributed by atoms with Crippen molar-refractivity contribution in [3.8, 4) is 11.5 Å². The molecule has 1 aromatic heterocycles. The minimum absolute atomic E-state index is 0.226. The third-order valence-corrected chi connectivity index (χ3v) is 4.41. The van der Waals surface area contributed by atoms with E-state index >= 15 is 0 Å². The van der Waals surface area contributed by atoms with Crippen LogP contribution in [0, 0.1) is 6.92 Å². The van der Waals surface area contributed by atoms with Crippen molar-refractivity contribution in [2.75, 3.05) is 13.2 Å². The molecule has 0 bridgehead atoms. The second-order valence-corrected chi connectivity index (χ2v) is 6.84. The number of hydrogen-bond donors (Lipinski definition) is 0. The van der Waals surface area contributed by atoms with Crippen LogP contribution in [-0.4, -0.2) is 29.1 Å². The van der Waals surface area contributed by atoms with Gasteiger partial charge in [0.2, 0.25) is 0 Å². The van der Waals surface area contributed by atoms with Gasteiger partial charge in [-0.25, -0.2) is 4.98 Å². The normalized spacial score (nSPS) is 11.1. The molecule has 0 fully saturated rings. The van der Waals surface area contributed by atoms with Crippen LogP contribution in [0.4, 0.5) is 0 Å². The van der Waals surface area contributed by atoms with Crippen LogP contribution in [0.2, 0.25) is 0 Å². The highest BCUT2D eigenvalue weighted by molar-refractivity contribution is 9.10. The molecule has 3 rings (SSSR count). The molecule has 0 saturated carbocycles. The van der Waals surface area contributed by atoms with Crippen LogP contribution in [0.15, 0.2) is 63.4 Å². The van der Waals surface area contributed by atoms with Gasteiger partial charge < -0.3 is 9.47 Å². The summed E-state index contributed by atoms with van der Waals surface area (Å²) in [5.74, 6) is 1.74. The van der Waals surface area contributed by atoms with Gasteiger partial charge in [-0.2, -0.15) is 9.78 Å². The first kappa shape index (κ1) is 19.8. The van der Waals surface area contributed by atoms with Crippen LogP contribution in [0.1, 0.15) is 18.3 Å². The molecule has 0 aliphatic rings. The van der Waals surface area contributed by atoms with Gasteiger partial charge in [0.25, 0.3) is 5.56 Å². The first-order valence-corrected chi connectivity index (χ1v) is 9.56. The zero-order valence-corrected chi connectivity index (χ0v) is 17.3. The van der Waals surface area contributed by atoms with Crippen molar-refractivity contribution in [2.45, 2.75) is 13.8 Å². The molecule has 1 heterocycles. The lowest BCUT2D eigenvalue weighted by Crippen LogP contribution is -2.20. The van der Waals surface area contributed by atoms with E-state index in [2.05, 4.69) is 32.6 Å². The van der Waals surface area contributed by atoms with Gasteiger partial charge in [-0.3, -0.25) is 4.79 Å². The SMILES string of the molecule is C=CCOc1ccc(C=Nn2c(C)nc3ccc(Br)cc3c2=O)cc1OCC. The number of hydrogen-bond acceptors (Lipinski definition) is 5. The summed E-state index contributed by atoms with van der Waals surface area (Å²) in [6.45, 7) is 8.19. The Bertz CT molecular complexity index is 1110. The maximum Gasteiger partial charge on any atom is 0.282 e. The number of halogens is 1. The van der Waals surface area contributed by atoms with E-state index in [1.54, 1.807) is 37.4 Å². The van der Waals surface area contributed by atoms with Gasteiger partial charge in [-0.15, -0.1) is 0 Å². The maximum atomic E-state index is 12.8. The number of aromatic nitrogens is 2. The highest BCUT2D eigenvalue weighted by Crippen LogP contribution is 2.28. The Morgan fingerprint density at radius 1 is 1.21 bits per heavy atom. The maximum absolute atomic E-state index is 12.8. The van der Waals surface area contributed by atoms with E-state index in [0.717, 1.165) is 10.0 Å². The summed E-state index contributed by atoms with van der Waals surface area (Å²) in [4.78, 5) is 17.3. The Balaban J connectivity index is 1.98. The molecule has 3 aromatic rings. The van der Waals surface area contributed by atoms with E-state index in [0.29, 0.717) is 41.4 Å². The lowest BCUT2D eigenvalue weighted by molar-refractivity contribution is 0.297. The van der Waals surface area contributed by atoms with Gasteiger partial charge in [-0.05, 0) is 55.8 Å². The number of benzene rings is 2. The molecule has 7 heteroatoms. The molecule has 2 aromatic carbocycles. The van der Waals surface area contributed by atoms with Crippen molar-refractivity contribution in [3.63, 3.8) is 0 Å². The summed E-state index contributed by atoms with van der Waals surface area (Å²) >= 11 is 3.39. The quantitative estimate of drug-likeness (QED) is 0.404. The summed E-state index contributed by atoms with van der Waals surface area (Å²) in [5, 5.41) is 4.84. The standard InChI is InChI=1S/C21H20BrN3O3/c1-4-10-28-19-9-6-15(11-20(19)27-5-2)13-23-25-14(3)24-18-8-7-16(22)12-17(18)21(25)26/h4,6-9,11-13H,1,5,10H2,2-3H3. The molecule has 0 aliphatic carbocycles. The van der Waals surface area contributed by atoms with E-state index in [4.69, 9.17) is 9.47 Å². The van der Waals surface area contributed by atoms with Crippen LogP contribution >= 0.6 is 15.9 Å². The highest BCUT2D eigenvalue weighted by Gasteiger charge is 2.09. The molecule has 6 nitrogen and oxygen atoms in total. The number of rotatable bonds is 7. The van der Waals surface area contributed by atoms with Crippen molar-refractivity contribution in [2.24, 2.45) is 5.10 Å². The fourth-order valence-electron chi connectivity index (χ4n) is 2.66. The van der Waals surface area contributed by atoms with E-state index in [1.165, 1.54) is 4.68 Å². The van der Waals surface area contributed by atoms with Crippen molar-refractivity contribution in [1.29, 1.82) is 0 Å². The average molecular weight is 442 g/mol. The van der Waals surface area contributed by atoms with Crippen LogP contribution in [0.3, 0.4) is 0 Å². The van der Waals surface area contributed by atoms with Gasteiger partial charge in [0, 0.05) is 4.47 Å². The minimum Gasteiger partial charge on any atom is -0.490 e. The summed E-state index contributed by atoms with van der Waals surface area (Å²) < 4.78 is 13.3. The van der Waals surface area contributed by atoms with Gasteiger partial charge in [0.15, 0.2) is 11.5 Å². The first-order chi connectivity index (χ1) is 13.5. The summed E-state index contributed by atoms with van der Waals surface area (Å²) in [7, 11) is 0.